The van der Waals surface area contributed by atoms with Crippen molar-refractivity contribution in [1.29, 1.82) is 0 Å². The molecular weight excluding hydrogens is 216 g/mol. The number of carbonyl (C=O) groups excluding carboxylic acids is 1. The van der Waals surface area contributed by atoms with Gasteiger partial charge in [0.2, 0.25) is 5.91 Å². The highest BCUT2D eigenvalue weighted by molar-refractivity contribution is 5.92. The molecule has 1 saturated heterocycles. The topological polar surface area (TPSA) is 59.0 Å². The van der Waals surface area contributed by atoms with Crippen LogP contribution in [0.25, 0.3) is 0 Å². The van der Waals surface area contributed by atoms with Gasteiger partial charge in [0.25, 0.3) is 0 Å². The largest absolute Gasteiger partial charge is 0.323 e. The first-order valence-corrected chi connectivity index (χ1v) is 6.22. The molecule has 0 spiro atoms. The van der Waals surface area contributed by atoms with Crippen LogP contribution in [0.4, 0.5) is 5.69 Å². The summed E-state index contributed by atoms with van der Waals surface area (Å²) in [5.41, 5.74) is 0.786. The molecule has 1 fully saturated rings. The van der Waals surface area contributed by atoms with Crippen molar-refractivity contribution in [2.24, 2.45) is 5.92 Å². The van der Waals surface area contributed by atoms with Crippen LogP contribution in [0.5, 0.6) is 0 Å². The maximum atomic E-state index is 12.0. The summed E-state index contributed by atoms with van der Waals surface area (Å²) >= 11 is 0. The molecule has 0 saturated carbocycles. The molecule has 1 aliphatic rings. The van der Waals surface area contributed by atoms with E-state index >= 15 is 0 Å². The highest BCUT2D eigenvalue weighted by Crippen LogP contribution is 2.15. The van der Waals surface area contributed by atoms with Crippen molar-refractivity contribution in [2.75, 3.05) is 18.4 Å². The number of hydrogen-bond donors (Lipinski definition) is 2. The van der Waals surface area contributed by atoms with E-state index in [1.54, 1.807) is 6.20 Å². The molecule has 17 heavy (non-hydrogen) atoms. The maximum Gasteiger partial charge on any atom is 0.228 e. The van der Waals surface area contributed by atoms with Crippen LogP contribution in [0.2, 0.25) is 0 Å². The molecule has 2 heterocycles. The van der Waals surface area contributed by atoms with Gasteiger partial charge < -0.3 is 10.6 Å². The summed E-state index contributed by atoms with van der Waals surface area (Å²) in [7, 11) is 0. The summed E-state index contributed by atoms with van der Waals surface area (Å²) in [5.74, 6) is 0.187. The van der Waals surface area contributed by atoms with Gasteiger partial charge in [0.05, 0.1) is 17.8 Å². The standard InChI is InChI=1S/C12H20N4O/c1-9(2)16-8-11(7-14-16)15-12(17)10-4-3-5-13-6-10/h7-10,13H,3-6H2,1-2H3,(H,15,17)/t10-/m0/s1. The fourth-order valence-corrected chi connectivity index (χ4v) is 2.00. The van der Waals surface area contributed by atoms with E-state index < -0.39 is 0 Å². The Kier molecular flexibility index (Phi) is 3.78. The number of nitrogens with zero attached hydrogens (tertiary/aromatic N) is 2. The average molecular weight is 236 g/mol. The minimum absolute atomic E-state index is 0.0890. The molecule has 0 aliphatic carbocycles. The van der Waals surface area contributed by atoms with Crippen LogP contribution in [-0.4, -0.2) is 28.8 Å². The lowest BCUT2D eigenvalue weighted by Gasteiger charge is -2.21. The quantitative estimate of drug-likeness (QED) is 0.834. The second-order valence-electron chi connectivity index (χ2n) is 4.84. The number of piperidine rings is 1. The Bertz CT molecular complexity index is 380. The van der Waals surface area contributed by atoms with E-state index in [9.17, 15) is 4.79 Å². The van der Waals surface area contributed by atoms with Crippen LogP contribution < -0.4 is 10.6 Å². The summed E-state index contributed by atoms with van der Waals surface area (Å²) in [6.45, 7) is 5.92. The molecule has 1 amide bonds. The second kappa shape index (κ2) is 5.31. The van der Waals surface area contributed by atoms with Crippen LogP contribution in [-0.2, 0) is 4.79 Å². The van der Waals surface area contributed by atoms with E-state index in [0.29, 0.717) is 6.04 Å². The van der Waals surface area contributed by atoms with Crippen LogP contribution in [0.1, 0.15) is 32.7 Å². The number of carbonyl (C=O) groups is 1. The van der Waals surface area contributed by atoms with Gasteiger partial charge in [-0.25, -0.2) is 0 Å². The molecule has 2 N–H and O–H groups in total. The predicted molar refractivity (Wildman–Crippen MR) is 66.8 cm³/mol. The lowest BCUT2D eigenvalue weighted by atomic mass is 9.99. The Morgan fingerprint density at radius 3 is 3.06 bits per heavy atom. The summed E-state index contributed by atoms with van der Waals surface area (Å²) in [4.78, 5) is 12.0. The van der Waals surface area contributed by atoms with Crippen LogP contribution >= 0.6 is 0 Å². The summed E-state index contributed by atoms with van der Waals surface area (Å²) in [5, 5.41) is 10.4. The van der Waals surface area contributed by atoms with E-state index in [1.807, 2.05) is 10.9 Å². The van der Waals surface area contributed by atoms with Crippen LogP contribution in [0.3, 0.4) is 0 Å². The number of aromatic nitrogens is 2. The van der Waals surface area contributed by atoms with Crippen molar-refractivity contribution in [1.82, 2.24) is 15.1 Å². The van der Waals surface area contributed by atoms with Gasteiger partial charge in [0, 0.05) is 18.8 Å². The Balaban J connectivity index is 1.92. The molecule has 1 aromatic heterocycles. The molecule has 0 unspecified atom stereocenters. The highest BCUT2D eigenvalue weighted by atomic mass is 16.1. The number of nitrogens with one attached hydrogen (secondary N) is 2. The predicted octanol–water partition coefficient (Wildman–Crippen LogP) is 1.40. The first-order chi connectivity index (χ1) is 8.16. The molecule has 1 aromatic rings. The van der Waals surface area contributed by atoms with Crippen LogP contribution in [0, 0.1) is 5.92 Å². The smallest absolute Gasteiger partial charge is 0.228 e. The SMILES string of the molecule is CC(C)n1cc(NC(=O)[C@H]2CCCNC2)cn1. The van der Waals surface area contributed by atoms with Crippen molar-refractivity contribution in [3.8, 4) is 0 Å². The first-order valence-electron chi connectivity index (χ1n) is 6.22. The van der Waals surface area contributed by atoms with Crippen molar-refractivity contribution < 1.29 is 4.79 Å². The Hall–Kier alpha value is -1.36. The summed E-state index contributed by atoms with van der Waals surface area (Å²) < 4.78 is 1.84. The average Bonchev–Trinajstić information content (AvgIpc) is 2.79. The van der Waals surface area contributed by atoms with Gasteiger partial charge in [-0.3, -0.25) is 9.48 Å². The van der Waals surface area contributed by atoms with Gasteiger partial charge in [0.1, 0.15) is 0 Å². The molecule has 94 valence electrons. The lowest BCUT2D eigenvalue weighted by Crippen LogP contribution is -2.37. The third kappa shape index (κ3) is 3.06. The van der Waals surface area contributed by atoms with E-state index in [2.05, 4.69) is 29.6 Å². The lowest BCUT2D eigenvalue weighted by molar-refractivity contribution is -0.120. The minimum Gasteiger partial charge on any atom is -0.323 e. The third-order valence-corrected chi connectivity index (χ3v) is 3.07. The minimum atomic E-state index is 0.0890. The van der Waals surface area contributed by atoms with Gasteiger partial charge in [-0.2, -0.15) is 5.10 Å². The van der Waals surface area contributed by atoms with Gasteiger partial charge >= 0.3 is 0 Å². The first kappa shape index (κ1) is 12.1. The zero-order valence-electron chi connectivity index (χ0n) is 10.4. The molecule has 0 radical (unpaired) electrons. The molecule has 1 atom stereocenters. The molecule has 2 rings (SSSR count). The Morgan fingerprint density at radius 2 is 2.47 bits per heavy atom. The van der Waals surface area contributed by atoms with Gasteiger partial charge in [-0.1, -0.05) is 0 Å². The maximum absolute atomic E-state index is 12.0. The van der Waals surface area contributed by atoms with E-state index in [-0.39, 0.29) is 11.8 Å². The number of hydrogen-bond acceptors (Lipinski definition) is 3. The molecule has 0 bridgehead atoms. The molecule has 0 aromatic carbocycles. The van der Waals surface area contributed by atoms with Crippen molar-refractivity contribution in [2.45, 2.75) is 32.7 Å². The molecule has 5 nitrogen and oxygen atoms in total. The zero-order chi connectivity index (χ0) is 12.3. The fraction of sp³-hybridized carbons (Fsp3) is 0.667. The number of amides is 1. The fourth-order valence-electron chi connectivity index (χ4n) is 2.00. The third-order valence-electron chi connectivity index (χ3n) is 3.07. The van der Waals surface area contributed by atoms with Gasteiger partial charge in [-0.05, 0) is 33.2 Å². The highest BCUT2D eigenvalue weighted by Gasteiger charge is 2.21. The van der Waals surface area contributed by atoms with E-state index in [4.69, 9.17) is 0 Å². The zero-order valence-corrected chi connectivity index (χ0v) is 10.4. The number of rotatable bonds is 3. The van der Waals surface area contributed by atoms with Crippen molar-refractivity contribution in [3.63, 3.8) is 0 Å². The van der Waals surface area contributed by atoms with Gasteiger partial charge in [-0.15, -0.1) is 0 Å². The van der Waals surface area contributed by atoms with Crippen LogP contribution in [0.15, 0.2) is 12.4 Å². The summed E-state index contributed by atoms with van der Waals surface area (Å²) in [6.07, 6.45) is 5.62. The molecular formula is C12H20N4O. The Labute approximate surface area is 102 Å². The summed E-state index contributed by atoms with van der Waals surface area (Å²) in [6, 6.07) is 0.317. The number of anilines is 1. The molecule has 5 heteroatoms. The Morgan fingerprint density at radius 1 is 1.65 bits per heavy atom. The molecule has 1 aliphatic heterocycles. The van der Waals surface area contributed by atoms with Gasteiger partial charge in [0.15, 0.2) is 0 Å². The van der Waals surface area contributed by atoms with E-state index in [1.165, 1.54) is 0 Å². The van der Waals surface area contributed by atoms with E-state index in [0.717, 1.165) is 31.6 Å². The van der Waals surface area contributed by atoms with Crippen molar-refractivity contribution in [3.05, 3.63) is 12.4 Å². The normalized spacial score (nSPS) is 20.5. The monoisotopic (exact) mass is 236 g/mol. The second-order valence-corrected chi connectivity index (χ2v) is 4.84. The van der Waals surface area contributed by atoms with Crippen molar-refractivity contribution >= 4 is 11.6 Å².